The molecule has 0 heterocycles. The van der Waals surface area contributed by atoms with Crippen LogP contribution in [0.4, 0.5) is 8.78 Å². The van der Waals surface area contributed by atoms with Crippen molar-refractivity contribution in [2.45, 2.75) is 6.54 Å². The maximum Gasteiger partial charge on any atom is 0.231 e. The highest BCUT2D eigenvalue weighted by atomic mass is 19.2. The third-order valence-corrected chi connectivity index (χ3v) is 1.33. The van der Waals surface area contributed by atoms with Gasteiger partial charge in [-0.05, 0) is 12.1 Å². The number of hydrogen-bond acceptors (Lipinski definition) is 2. The van der Waals surface area contributed by atoms with Crippen molar-refractivity contribution in [1.82, 2.24) is 0 Å². The van der Waals surface area contributed by atoms with Crippen molar-refractivity contribution in [3.63, 3.8) is 0 Å². The Labute approximate surface area is 66.8 Å². The molecule has 0 aromatic heterocycles. The molecule has 0 saturated carbocycles. The lowest BCUT2D eigenvalue weighted by atomic mass is 10.2. The molecule has 0 unspecified atom stereocenters. The van der Waals surface area contributed by atoms with E-state index >= 15 is 0 Å². The Balaban J connectivity index is 3.00. The van der Waals surface area contributed by atoms with Gasteiger partial charge in [-0.1, -0.05) is 6.07 Å². The van der Waals surface area contributed by atoms with E-state index in [4.69, 9.17) is 0 Å². The molecule has 0 amide bonds. The van der Waals surface area contributed by atoms with E-state index in [1.807, 2.05) is 0 Å². The molecule has 1 rings (SSSR count). The summed E-state index contributed by atoms with van der Waals surface area (Å²) in [5.74, 6) is -2.21. The van der Waals surface area contributed by atoms with E-state index < -0.39 is 23.1 Å². The zero-order chi connectivity index (χ0) is 9.14. The van der Waals surface area contributed by atoms with Gasteiger partial charge in [0, 0.05) is 4.92 Å². The summed E-state index contributed by atoms with van der Waals surface area (Å²) in [7, 11) is 0. The van der Waals surface area contributed by atoms with E-state index in [-0.39, 0.29) is 5.56 Å². The largest absolute Gasteiger partial charge is 0.264 e. The molecule has 0 aliphatic carbocycles. The average Bonchev–Trinajstić information content (AvgIpc) is 1.98. The molecule has 0 aliphatic rings. The van der Waals surface area contributed by atoms with Crippen LogP contribution in [0.25, 0.3) is 0 Å². The quantitative estimate of drug-likeness (QED) is 0.505. The van der Waals surface area contributed by atoms with E-state index in [1.165, 1.54) is 12.1 Å². The van der Waals surface area contributed by atoms with Gasteiger partial charge in [0.25, 0.3) is 0 Å². The molecule has 0 atom stereocenters. The Hall–Kier alpha value is -1.52. The molecule has 0 aliphatic heterocycles. The Kier molecular flexibility index (Phi) is 2.32. The highest BCUT2D eigenvalue weighted by Gasteiger charge is 2.11. The first kappa shape index (κ1) is 8.58. The SMILES string of the molecule is O=[N+]([O-])Cc1cccc(F)c1F. The number of hydrogen-bond donors (Lipinski definition) is 0. The Morgan fingerprint density at radius 2 is 2.08 bits per heavy atom. The summed E-state index contributed by atoms with van der Waals surface area (Å²) in [4.78, 5) is 9.24. The van der Waals surface area contributed by atoms with Crippen molar-refractivity contribution in [2.75, 3.05) is 0 Å². The van der Waals surface area contributed by atoms with Crippen LogP contribution in [0.3, 0.4) is 0 Å². The van der Waals surface area contributed by atoms with Gasteiger partial charge in [-0.15, -0.1) is 0 Å². The number of nitrogens with zero attached hydrogens (tertiary/aromatic N) is 1. The topological polar surface area (TPSA) is 43.1 Å². The smallest absolute Gasteiger partial charge is 0.231 e. The minimum Gasteiger partial charge on any atom is -0.264 e. The van der Waals surface area contributed by atoms with Gasteiger partial charge >= 0.3 is 0 Å². The molecular weight excluding hydrogens is 168 g/mol. The van der Waals surface area contributed by atoms with Crippen LogP contribution >= 0.6 is 0 Å². The van der Waals surface area contributed by atoms with Crippen LogP contribution < -0.4 is 0 Å². The summed E-state index contributed by atoms with van der Waals surface area (Å²) in [6, 6.07) is 3.33. The van der Waals surface area contributed by atoms with E-state index in [0.717, 1.165) is 6.07 Å². The summed E-state index contributed by atoms with van der Waals surface area (Å²) < 4.78 is 25.1. The monoisotopic (exact) mass is 173 g/mol. The van der Waals surface area contributed by atoms with Crippen molar-refractivity contribution in [2.24, 2.45) is 0 Å². The lowest BCUT2D eigenvalue weighted by Crippen LogP contribution is -2.02. The zero-order valence-corrected chi connectivity index (χ0v) is 5.96. The number of halogens is 2. The van der Waals surface area contributed by atoms with Crippen LogP contribution in [0, 0.1) is 21.7 Å². The standard InChI is InChI=1S/C7H5F2NO2/c8-6-3-1-2-5(7(6)9)4-10(11)12/h1-3H,4H2. The van der Waals surface area contributed by atoms with Gasteiger partial charge in [-0.3, -0.25) is 10.1 Å². The molecule has 3 nitrogen and oxygen atoms in total. The Bertz CT molecular complexity index is 314. The predicted octanol–water partition coefficient (Wildman–Crippen LogP) is 1.74. The van der Waals surface area contributed by atoms with Crippen molar-refractivity contribution >= 4 is 0 Å². The summed E-state index contributed by atoms with van der Waals surface area (Å²) in [6.45, 7) is -0.691. The molecule has 64 valence electrons. The van der Waals surface area contributed by atoms with Crippen LogP contribution in [-0.2, 0) is 6.54 Å². The predicted molar refractivity (Wildman–Crippen MR) is 37.1 cm³/mol. The minimum atomic E-state index is -1.14. The van der Waals surface area contributed by atoms with Crippen LogP contribution in [0.5, 0.6) is 0 Å². The van der Waals surface area contributed by atoms with Gasteiger partial charge in [0.1, 0.15) is 0 Å². The lowest BCUT2D eigenvalue weighted by molar-refractivity contribution is -0.497. The molecule has 0 N–H and O–H groups in total. The fourth-order valence-electron chi connectivity index (χ4n) is 0.810. The van der Waals surface area contributed by atoms with E-state index in [0.29, 0.717) is 0 Å². The number of nitro groups is 1. The fourth-order valence-corrected chi connectivity index (χ4v) is 0.810. The van der Waals surface area contributed by atoms with Crippen molar-refractivity contribution < 1.29 is 13.7 Å². The van der Waals surface area contributed by atoms with Gasteiger partial charge in [0.05, 0.1) is 5.56 Å². The minimum absolute atomic E-state index is 0.236. The van der Waals surface area contributed by atoms with Crippen molar-refractivity contribution in [3.8, 4) is 0 Å². The Morgan fingerprint density at radius 1 is 1.42 bits per heavy atom. The molecule has 12 heavy (non-hydrogen) atoms. The highest BCUT2D eigenvalue weighted by Crippen LogP contribution is 2.11. The second kappa shape index (κ2) is 3.25. The normalized spacial score (nSPS) is 9.83. The van der Waals surface area contributed by atoms with Crippen LogP contribution in [0.2, 0.25) is 0 Å². The molecule has 1 aromatic rings. The van der Waals surface area contributed by atoms with Crippen molar-refractivity contribution in [3.05, 3.63) is 45.5 Å². The van der Waals surface area contributed by atoms with Crippen LogP contribution in [-0.4, -0.2) is 4.92 Å². The van der Waals surface area contributed by atoms with Gasteiger partial charge in [0.15, 0.2) is 11.6 Å². The fraction of sp³-hybridized carbons (Fsp3) is 0.143. The molecular formula is C7H5F2NO2. The summed E-state index contributed by atoms with van der Waals surface area (Å²) in [5.41, 5.74) is -0.236. The second-order valence-corrected chi connectivity index (χ2v) is 2.20. The van der Waals surface area contributed by atoms with E-state index in [1.54, 1.807) is 0 Å². The van der Waals surface area contributed by atoms with Gasteiger partial charge < -0.3 is 0 Å². The molecule has 0 radical (unpaired) electrons. The number of benzene rings is 1. The molecule has 1 aromatic carbocycles. The first-order valence-corrected chi connectivity index (χ1v) is 3.16. The third kappa shape index (κ3) is 1.75. The maximum atomic E-state index is 12.7. The number of rotatable bonds is 2. The lowest BCUT2D eigenvalue weighted by Gasteiger charge is -1.97. The summed E-state index contributed by atoms with van der Waals surface area (Å²) >= 11 is 0. The molecule has 0 bridgehead atoms. The van der Waals surface area contributed by atoms with Crippen molar-refractivity contribution in [1.29, 1.82) is 0 Å². The highest BCUT2D eigenvalue weighted by molar-refractivity contribution is 5.17. The summed E-state index contributed by atoms with van der Waals surface area (Å²) in [5, 5.41) is 9.95. The summed E-state index contributed by atoms with van der Waals surface area (Å²) in [6.07, 6.45) is 0. The van der Waals surface area contributed by atoms with E-state index in [2.05, 4.69) is 0 Å². The van der Waals surface area contributed by atoms with E-state index in [9.17, 15) is 18.9 Å². The molecule has 0 saturated heterocycles. The average molecular weight is 173 g/mol. The van der Waals surface area contributed by atoms with Crippen LogP contribution in [0.15, 0.2) is 18.2 Å². The zero-order valence-electron chi connectivity index (χ0n) is 5.96. The van der Waals surface area contributed by atoms with Gasteiger partial charge in [-0.25, -0.2) is 8.78 Å². The third-order valence-electron chi connectivity index (χ3n) is 1.33. The van der Waals surface area contributed by atoms with Gasteiger partial charge in [-0.2, -0.15) is 0 Å². The molecule has 5 heteroatoms. The van der Waals surface area contributed by atoms with Crippen LogP contribution in [0.1, 0.15) is 5.56 Å². The first-order valence-electron chi connectivity index (χ1n) is 3.16. The first-order chi connectivity index (χ1) is 5.61. The molecule has 0 fully saturated rings. The van der Waals surface area contributed by atoms with Gasteiger partial charge in [0.2, 0.25) is 6.54 Å². The Morgan fingerprint density at radius 3 is 2.67 bits per heavy atom. The maximum absolute atomic E-state index is 12.7. The molecule has 0 spiro atoms. The second-order valence-electron chi connectivity index (χ2n) is 2.20.